The van der Waals surface area contributed by atoms with E-state index in [1.807, 2.05) is 13.2 Å². The molecule has 0 atom stereocenters. The van der Waals surface area contributed by atoms with Crippen LogP contribution in [0.1, 0.15) is 0 Å². The third-order valence-electron chi connectivity index (χ3n) is 5.51. The second-order valence-electron chi connectivity index (χ2n) is 7.26. The normalized spacial score (nSPS) is 15.4. The van der Waals surface area contributed by atoms with Gasteiger partial charge >= 0.3 is 0 Å². The molecule has 7 heteroatoms. The van der Waals surface area contributed by atoms with Gasteiger partial charge in [-0.3, -0.25) is 0 Å². The average molecular weight is 373 g/mol. The van der Waals surface area contributed by atoms with Crippen molar-refractivity contribution in [3.05, 3.63) is 42.9 Å². The lowest BCUT2D eigenvalue weighted by atomic mass is 10.0. The van der Waals surface area contributed by atoms with E-state index in [9.17, 15) is 0 Å². The Balaban J connectivity index is 1.66. The maximum Gasteiger partial charge on any atom is 0.140 e. The Morgan fingerprint density at radius 3 is 2.68 bits per heavy atom. The first-order chi connectivity index (χ1) is 13.7. The molecule has 2 N–H and O–H groups in total. The van der Waals surface area contributed by atoms with E-state index in [1.54, 1.807) is 6.33 Å². The molecule has 0 aliphatic carbocycles. The van der Waals surface area contributed by atoms with Crippen LogP contribution in [0.15, 0.2) is 42.9 Å². The first-order valence-corrected chi connectivity index (χ1v) is 9.57. The standard InChI is InChI=1S/C21H23N7/c1-22-19-12-16(15-5-6-23-20(15)26-19)14-3-4-18-17(11-14)21(25-13-24-18)28-9-7-27(2)8-10-28/h3-6,11-13H,7-10H2,1-2H3,(H2,22,23,26). The Morgan fingerprint density at radius 1 is 1.00 bits per heavy atom. The van der Waals surface area contributed by atoms with Crippen LogP contribution in [0.5, 0.6) is 0 Å². The van der Waals surface area contributed by atoms with Gasteiger partial charge in [-0.05, 0) is 42.4 Å². The molecule has 0 saturated carbocycles. The molecular weight excluding hydrogens is 350 g/mol. The van der Waals surface area contributed by atoms with Crippen LogP contribution in [-0.2, 0) is 0 Å². The first kappa shape index (κ1) is 16.9. The number of H-pyrrole nitrogens is 1. The van der Waals surface area contributed by atoms with Crippen LogP contribution in [0.2, 0.25) is 0 Å². The van der Waals surface area contributed by atoms with Gasteiger partial charge in [0.05, 0.1) is 5.52 Å². The van der Waals surface area contributed by atoms with Gasteiger partial charge in [0.1, 0.15) is 23.6 Å². The summed E-state index contributed by atoms with van der Waals surface area (Å²) in [5.41, 5.74) is 4.14. The van der Waals surface area contributed by atoms with Crippen LogP contribution in [0, 0.1) is 0 Å². The quantitative estimate of drug-likeness (QED) is 0.575. The molecule has 0 unspecified atom stereocenters. The van der Waals surface area contributed by atoms with Crippen molar-refractivity contribution in [3.8, 4) is 11.1 Å². The van der Waals surface area contributed by atoms with Crippen LogP contribution < -0.4 is 10.2 Å². The number of benzene rings is 1. The summed E-state index contributed by atoms with van der Waals surface area (Å²) in [4.78, 5) is 21.7. The van der Waals surface area contributed by atoms with Crippen LogP contribution in [-0.4, -0.2) is 65.1 Å². The lowest BCUT2D eigenvalue weighted by molar-refractivity contribution is 0.312. The van der Waals surface area contributed by atoms with Gasteiger partial charge in [-0.15, -0.1) is 0 Å². The maximum absolute atomic E-state index is 4.64. The Morgan fingerprint density at radius 2 is 1.86 bits per heavy atom. The second kappa shape index (κ2) is 6.76. The van der Waals surface area contributed by atoms with E-state index in [0.717, 1.165) is 70.9 Å². The fourth-order valence-corrected chi connectivity index (χ4v) is 3.89. The average Bonchev–Trinajstić information content (AvgIpc) is 3.21. The van der Waals surface area contributed by atoms with Gasteiger partial charge in [0, 0.05) is 50.2 Å². The summed E-state index contributed by atoms with van der Waals surface area (Å²) in [6.07, 6.45) is 3.60. The zero-order valence-electron chi connectivity index (χ0n) is 16.1. The fourth-order valence-electron chi connectivity index (χ4n) is 3.89. The number of anilines is 2. The Hall–Kier alpha value is -3.19. The summed E-state index contributed by atoms with van der Waals surface area (Å²) in [5, 5.41) is 5.36. The van der Waals surface area contributed by atoms with Crippen molar-refractivity contribution in [1.29, 1.82) is 0 Å². The number of piperazine rings is 1. The molecule has 142 valence electrons. The zero-order chi connectivity index (χ0) is 19.1. The van der Waals surface area contributed by atoms with Crippen LogP contribution >= 0.6 is 0 Å². The van der Waals surface area contributed by atoms with Gasteiger partial charge in [-0.2, -0.15) is 0 Å². The van der Waals surface area contributed by atoms with E-state index in [1.165, 1.54) is 0 Å². The topological polar surface area (TPSA) is 73.0 Å². The maximum atomic E-state index is 4.64. The summed E-state index contributed by atoms with van der Waals surface area (Å²) in [6.45, 7) is 4.05. The molecular formula is C21H23N7. The number of aromatic amines is 1. The highest BCUT2D eigenvalue weighted by molar-refractivity contribution is 5.99. The van der Waals surface area contributed by atoms with Crippen molar-refractivity contribution < 1.29 is 0 Å². The van der Waals surface area contributed by atoms with Crippen LogP contribution in [0.3, 0.4) is 0 Å². The lowest BCUT2D eigenvalue weighted by Gasteiger charge is -2.33. The third-order valence-corrected chi connectivity index (χ3v) is 5.51. The zero-order valence-corrected chi connectivity index (χ0v) is 16.1. The molecule has 4 aromatic rings. The Bertz CT molecular complexity index is 1140. The molecule has 28 heavy (non-hydrogen) atoms. The predicted molar refractivity (Wildman–Crippen MR) is 114 cm³/mol. The van der Waals surface area contributed by atoms with Gasteiger partial charge in [0.25, 0.3) is 0 Å². The summed E-state index contributed by atoms with van der Waals surface area (Å²) in [5.74, 6) is 1.86. The van der Waals surface area contributed by atoms with Gasteiger partial charge in [0.2, 0.25) is 0 Å². The summed E-state index contributed by atoms with van der Waals surface area (Å²) < 4.78 is 0. The fraction of sp³-hybridized carbons (Fsp3) is 0.286. The highest BCUT2D eigenvalue weighted by Crippen LogP contribution is 2.33. The van der Waals surface area contributed by atoms with E-state index in [0.29, 0.717) is 0 Å². The molecule has 1 saturated heterocycles. The summed E-state index contributed by atoms with van der Waals surface area (Å²) >= 11 is 0. The van der Waals surface area contributed by atoms with Crippen molar-refractivity contribution in [2.75, 3.05) is 50.5 Å². The molecule has 1 aromatic carbocycles. The van der Waals surface area contributed by atoms with E-state index in [4.69, 9.17) is 0 Å². The van der Waals surface area contributed by atoms with Crippen molar-refractivity contribution in [3.63, 3.8) is 0 Å². The third kappa shape index (κ3) is 2.84. The minimum atomic E-state index is 0.841. The smallest absolute Gasteiger partial charge is 0.140 e. The second-order valence-corrected chi connectivity index (χ2v) is 7.26. The minimum Gasteiger partial charge on any atom is -0.373 e. The number of rotatable bonds is 3. The molecule has 0 spiro atoms. The number of pyridine rings is 1. The monoisotopic (exact) mass is 373 g/mol. The molecule has 1 aliphatic heterocycles. The van der Waals surface area contributed by atoms with Crippen molar-refractivity contribution in [1.82, 2.24) is 24.8 Å². The number of hydrogen-bond donors (Lipinski definition) is 2. The predicted octanol–water partition coefficient (Wildman–Crippen LogP) is 2.97. The molecule has 4 heterocycles. The van der Waals surface area contributed by atoms with E-state index >= 15 is 0 Å². The van der Waals surface area contributed by atoms with Crippen LogP contribution in [0.4, 0.5) is 11.6 Å². The number of aromatic nitrogens is 4. The molecule has 1 aliphatic rings. The molecule has 0 amide bonds. The van der Waals surface area contributed by atoms with Crippen molar-refractivity contribution in [2.24, 2.45) is 0 Å². The van der Waals surface area contributed by atoms with E-state index < -0.39 is 0 Å². The molecule has 5 rings (SSSR count). The Labute approximate surface area is 163 Å². The van der Waals surface area contributed by atoms with Crippen molar-refractivity contribution >= 4 is 33.6 Å². The minimum absolute atomic E-state index is 0.841. The largest absolute Gasteiger partial charge is 0.373 e. The van der Waals surface area contributed by atoms with Crippen LogP contribution in [0.25, 0.3) is 33.1 Å². The van der Waals surface area contributed by atoms with Crippen molar-refractivity contribution in [2.45, 2.75) is 0 Å². The first-order valence-electron chi connectivity index (χ1n) is 9.57. The summed E-state index contributed by atoms with van der Waals surface area (Å²) in [6, 6.07) is 10.6. The van der Waals surface area contributed by atoms with Gasteiger partial charge in [-0.25, -0.2) is 15.0 Å². The summed E-state index contributed by atoms with van der Waals surface area (Å²) in [7, 11) is 4.05. The highest BCUT2D eigenvalue weighted by atomic mass is 15.3. The SMILES string of the molecule is CNc1cc(-c2ccc3ncnc(N4CCN(C)CC4)c3c2)c2cc[nH]c2n1. The van der Waals surface area contributed by atoms with E-state index in [2.05, 4.69) is 72.4 Å². The van der Waals surface area contributed by atoms with Gasteiger partial charge < -0.3 is 20.1 Å². The lowest BCUT2D eigenvalue weighted by Crippen LogP contribution is -2.44. The number of fused-ring (bicyclic) bond motifs is 2. The van der Waals surface area contributed by atoms with E-state index in [-0.39, 0.29) is 0 Å². The highest BCUT2D eigenvalue weighted by Gasteiger charge is 2.18. The van der Waals surface area contributed by atoms with Gasteiger partial charge in [0.15, 0.2) is 0 Å². The molecule has 0 radical (unpaired) electrons. The number of hydrogen-bond acceptors (Lipinski definition) is 6. The molecule has 1 fully saturated rings. The molecule has 3 aromatic heterocycles. The van der Waals surface area contributed by atoms with Gasteiger partial charge in [-0.1, -0.05) is 6.07 Å². The Kier molecular flexibility index (Phi) is 4.09. The number of nitrogens with zero attached hydrogens (tertiary/aromatic N) is 5. The number of likely N-dealkylation sites (N-methyl/N-ethyl adjacent to an activating group) is 1. The molecule has 7 nitrogen and oxygen atoms in total. The number of nitrogens with one attached hydrogen (secondary N) is 2. The molecule has 0 bridgehead atoms.